The molecule has 0 aliphatic carbocycles. The average Bonchev–Trinajstić information content (AvgIpc) is 3.03. The Kier molecular flexibility index (Phi) is 4.72. The SMILES string of the molecule is CCOC(=O)c1n[nH]nc1-c1cc(OC)cc(C(=O)OC)c1. The predicted molar refractivity (Wildman–Crippen MR) is 75.7 cm³/mol. The van der Waals surface area contributed by atoms with E-state index < -0.39 is 11.9 Å². The lowest BCUT2D eigenvalue weighted by molar-refractivity contribution is 0.0519. The van der Waals surface area contributed by atoms with Crippen LogP contribution in [0.2, 0.25) is 0 Å². The van der Waals surface area contributed by atoms with Crippen molar-refractivity contribution in [2.75, 3.05) is 20.8 Å². The molecule has 0 radical (unpaired) electrons. The highest BCUT2D eigenvalue weighted by atomic mass is 16.5. The van der Waals surface area contributed by atoms with Gasteiger partial charge in [-0.15, -0.1) is 5.10 Å². The van der Waals surface area contributed by atoms with Gasteiger partial charge in [0.25, 0.3) is 0 Å². The maximum absolute atomic E-state index is 11.9. The summed E-state index contributed by atoms with van der Waals surface area (Å²) in [4.78, 5) is 23.6. The number of H-pyrrole nitrogens is 1. The lowest BCUT2D eigenvalue weighted by atomic mass is 10.1. The third-order valence-electron chi connectivity index (χ3n) is 2.85. The first kappa shape index (κ1) is 15.5. The maximum atomic E-state index is 11.9. The summed E-state index contributed by atoms with van der Waals surface area (Å²) in [5.41, 5.74) is 1.06. The zero-order valence-electron chi connectivity index (χ0n) is 12.4. The van der Waals surface area contributed by atoms with Gasteiger partial charge in [-0.1, -0.05) is 0 Å². The molecule has 0 amide bonds. The highest BCUT2D eigenvalue weighted by Gasteiger charge is 2.21. The van der Waals surface area contributed by atoms with Crippen LogP contribution in [0.4, 0.5) is 0 Å². The van der Waals surface area contributed by atoms with E-state index in [0.717, 1.165) is 0 Å². The fourth-order valence-electron chi connectivity index (χ4n) is 1.86. The fourth-order valence-corrected chi connectivity index (χ4v) is 1.86. The van der Waals surface area contributed by atoms with Crippen molar-refractivity contribution in [3.05, 3.63) is 29.5 Å². The number of aromatic nitrogens is 3. The van der Waals surface area contributed by atoms with E-state index in [2.05, 4.69) is 15.4 Å². The van der Waals surface area contributed by atoms with Gasteiger partial charge in [0.1, 0.15) is 11.4 Å². The number of hydrogen-bond acceptors (Lipinski definition) is 7. The molecule has 116 valence electrons. The second kappa shape index (κ2) is 6.70. The third kappa shape index (κ3) is 3.05. The Morgan fingerprint density at radius 3 is 2.55 bits per heavy atom. The molecule has 0 unspecified atom stereocenters. The van der Waals surface area contributed by atoms with E-state index in [1.165, 1.54) is 26.4 Å². The van der Waals surface area contributed by atoms with Crippen molar-refractivity contribution in [1.29, 1.82) is 0 Å². The van der Waals surface area contributed by atoms with Gasteiger partial charge in [0.05, 0.1) is 26.4 Å². The quantitative estimate of drug-likeness (QED) is 0.833. The molecule has 2 aromatic rings. The molecule has 1 aromatic carbocycles. The second-order valence-electron chi connectivity index (χ2n) is 4.18. The van der Waals surface area contributed by atoms with Crippen LogP contribution in [-0.2, 0) is 9.47 Å². The summed E-state index contributed by atoms with van der Waals surface area (Å²) in [5, 5.41) is 10.1. The van der Waals surface area contributed by atoms with Crippen LogP contribution in [-0.4, -0.2) is 48.2 Å². The molecule has 1 aromatic heterocycles. The topological polar surface area (TPSA) is 103 Å². The van der Waals surface area contributed by atoms with Gasteiger partial charge in [0.2, 0.25) is 0 Å². The van der Waals surface area contributed by atoms with E-state index in [-0.39, 0.29) is 23.6 Å². The molecule has 2 rings (SSSR count). The minimum atomic E-state index is -0.603. The van der Waals surface area contributed by atoms with Crippen LogP contribution >= 0.6 is 0 Å². The summed E-state index contributed by atoms with van der Waals surface area (Å²) in [7, 11) is 2.75. The fraction of sp³-hybridized carbons (Fsp3) is 0.286. The molecule has 22 heavy (non-hydrogen) atoms. The predicted octanol–water partition coefficient (Wildman–Crippen LogP) is 1.44. The van der Waals surface area contributed by atoms with Gasteiger partial charge in [-0.25, -0.2) is 9.59 Å². The van der Waals surface area contributed by atoms with Crippen molar-refractivity contribution in [3.63, 3.8) is 0 Å². The van der Waals surface area contributed by atoms with Crippen LogP contribution in [0.25, 0.3) is 11.3 Å². The number of nitrogens with one attached hydrogen (secondary N) is 1. The molecule has 0 spiro atoms. The number of carbonyl (C=O) groups excluding carboxylic acids is 2. The van der Waals surface area contributed by atoms with Gasteiger partial charge in [0, 0.05) is 5.56 Å². The minimum absolute atomic E-state index is 0.0333. The van der Waals surface area contributed by atoms with Crippen molar-refractivity contribution >= 4 is 11.9 Å². The highest BCUT2D eigenvalue weighted by molar-refractivity contribution is 5.96. The Balaban J connectivity index is 2.51. The van der Waals surface area contributed by atoms with Crippen LogP contribution in [0.5, 0.6) is 5.75 Å². The maximum Gasteiger partial charge on any atom is 0.361 e. The summed E-state index contributed by atoms with van der Waals surface area (Å²) in [5.74, 6) is -0.703. The van der Waals surface area contributed by atoms with Crippen LogP contribution in [0, 0.1) is 0 Å². The monoisotopic (exact) mass is 305 g/mol. The van der Waals surface area contributed by atoms with Gasteiger partial charge in [-0.05, 0) is 25.1 Å². The van der Waals surface area contributed by atoms with Gasteiger partial charge >= 0.3 is 11.9 Å². The first-order chi connectivity index (χ1) is 10.6. The Bertz CT molecular complexity index is 696. The standard InChI is InChI=1S/C14H15N3O5/c1-4-22-14(19)12-11(15-17-16-12)8-5-9(13(18)21-3)7-10(6-8)20-2/h5-7H,4H2,1-3H3,(H,15,16,17). The summed E-state index contributed by atoms with van der Waals surface area (Å²) < 4.78 is 14.8. The first-order valence-corrected chi connectivity index (χ1v) is 6.46. The van der Waals surface area contributed by atoms with Crippen molar-refractivity contribution in [3.8, 4) is 17.0 Å². The van der Waals surface area contributed by atoms with E-state index in [4.69, 9.17) is 14.2 Å². The number of aromatic amines is 1. The largest absolute Gasteiger partial charge is 0.497 e. The van der Waals surface area contributed by atoms with Crippen molar-refractivity contribution in [1.82, 2.24) is 15.4 Å². The number of hydrogen-bond donors (Lipinski definition) is 1. The Morgan fingerprint density at radius 1 is 1.14 bits per heavy atom. The van der Waals surface area contributed by atoms with Gasteiger partial charge in [-0.3, -0.25) is 0 Å². The average molecular weight is 305 g/mol. The van der Waals surface area contributed by atoms with Crippen molar-refractivity contribution in [2.24, 2.45) is 0 Å². The second-order valence-corrected chi connectivity index (χ2v) is 4.18. The zero-order valence-corrected chi connectivity index (χ0v) is 12.4. The summed E-state index contributed by atoms with van der Waals surface area (Å²) in [6.07, 6.45) is 0. The number of carbonyl (C=O) groups is 2. The normalized spacial score (nSPS) is 10.1. The lowest BCUT2D eigenvalue weighted by Gasteiger charge is -2.07. The van der Waals surface area contributed by atoms with Crippen molar-refractivity contribution in [2.45, 2.75) is 6.92 Å². The Morgan fingerprint density at radius 2 is 1.91 bits per heavy atom. The molecule has 8 heteroatoms. The van der Waals surface area contributed by atoms with Crippen LogP contribution in [0.15, 0.2) is 18.2 Å². The lowest BCUT2D eigenvalue weighted by Crippen LogP contribution is -2.07. The summed E-state index contributed by atoms with van der Waals surface area (Å²) >= 11 is 0. The number of nitrogens with zero attached hydrogens (tertiary/aromatic N) is 2. The van der Waals surface area contributed by atoms with E-state index in [1.54, 1.807) is 13.0 Å². The van der Waals surface area contributed by atoms with Crippen LogP contribution in [0.1, 0.15) is 27.8 Å². The van der Waals surface area contributed by atoms with Gasteiger partial charge in [-0.2, -0.15) is 10.3 Å². The first-order valence-electron chi connectivity index (χ1n) is 6.46. The van der Waals surface area contributed by atoms with E-state index in [9.17, 15) is 9.59 Å². The van der Waals surface area contributed by atoms with Gasteiger partial charge < -0.3 is 14.2 Å². The number of esters is 2. The number of rotatable bonds is 5. The molecule has 0 fully saturated rings. The smallest absolute Gasteiger partial charge is 0.361 e. The van der Waals surface area contributed by atoms with Crippen LogP contribution < -0.4 is 4.74 Å². The third-order valence-corrected chi connectivity index (χ3v) is 2.85. The molecule has 1 heterocycles. The van der Waals surface area contributed by atoms with E-state index in [0.29, 0.717) is 11.3 Å². The zero-order chi connectivity index (χ0) is 16.1. The Hall–Kier alpha value is -2.90. The van der Waals surface area contributed by atoms with E-state index in [1.807, 2.05) is 0 Å². The number of ether oxygens (including phenoxy) is 3. The number of methoxy groups -OCH3 is 2. The molecule has 1 N–H and O–H groups in total. The molecule has 8 nitrogen and oxygen atoms in total. The van der Waals surface area contributed by atoms with Crippen molar-refractivity contribution < 1.29 is 23.8 Å². The molecular weight excluding hydrogens is 290 g/mol. The summed E-state index contributed by atoms with van der Waals surface area (Å²) in [6, 6.07) is 4.70. The van der Waals surface area contributed by atoms with Gasteiger partial charge in [0.15, 0.2) is 5.69 Å². The van der Waals surface area contributed by atoms with E-state index >= 15 is 0 Å². The molecule has 0 aliphatic rings. The molecule has 0 atom stereocenters. The summed E-state index contributed by atoms with van der Waals surface area (Å²) in [6.45, 7) is 1.91. The molecule has 0 saturated carbocycles. The Labute approximate surface area is 126 Å². The number of benzene rings is 1. The molecule has 0 saturated heterocycles. The molecular formula is C14H15N3O5. The minimum Gasteiger partial charge on any atom is -0.497 e. The molecule has 0 bridgehead atoms. The van der Waals surface area contributed by atoms with Crippen LogP contribution in [0.3, 0.4) is 0 Å². The molecule has 0 aliphatic heterocycles. The highest BCUT2D eigenvalue weighted by Crippen LogP contribution is 2.27.